The number of allylic oxidation sites excluding steroid dienone is 1. The highest BCUT2D eigenvalue weighted by Crippen LogP contribution is 2.37. The fraction of sp³-hybridized carbons (Fsp3) is 0.560. The van der Waals surface area contributed by atoms with Gasteiger partial charge in [-0.2, -0.15) is 0 Å². The molecule has 1 aliphatic rings. The molecule has 1 fully saturated rings. The number of carbonyl (C=O) groups is 3. The van der Waals surface area contributed by atoms with Gasteiger partial charge in [0.2, 0.25) is 5.91 Å². The van der Waals surface area contributed by atoms with E-state index in [-0.39, 0.29) is 18.4 Å². The molecule has 1 aliphatic carbocycles. The molecule has 1 aromatic carbocycles. The third kappa shape index (κ3) is 6.42. The van der Waals surface area contributed by atoms with Crippen LogP contribution in [0.3, 0.4) is 0 Å². The van der Waals surface area contributed by atoms with Gasteiger partial charge in [-0.15, -0.1) is 0 Å². The van der Waals surface area contributed by atoms with Gasteiger partial charge in [-0.05, 0) is 45.1 Å². The summed E-state index contributed by atoms with van der Waals surface area (Å²) < 4.78 is 0. The summed E-state index contributed by atoms with van der Waals surface area (Å²) in [4.78, 5) is 38.5. The Kier molecular flexibility index (Phi) is 9.44. The molecule has 3 atom stereocenters. The van der Waals surface area contributed by atoms with Crippen LogP contribution in [-0.4, -0.2) is 40.0 Å². The average Bonchev–Trinajstić information content (AvgIpc) is 3.29. The average molecular weight is 444 g/mol. The smallest absolute Gasteiger partial charge is 0.307 e. The minimum Gasteiger partial charge on any atom is -0.481 e. The van der Waals surface area contributed by atoms with Crippen molar-refractivity contribution < 1.29 is 19.5 Å². The third-order valence-electron chi connectivity index (χ3n) is 6.38. The van der Waals surface area contributed by atoms with Gasteiger partial charge in [0.25, 0.3) is 5.91 Å². The van der Waals surface area contributed by atoms with Gasteiger partial charge in [-0.1, -0.05) is 68.7 Å². The summed E-state index contributed by atoms with van der Waals surface area (Å²) in [6.45, 7) is 5.20. The highest BCUT2D eigenvalue weighted by molar-refractivity contribution is 5.90. The predicted molar refractivity (Wildman–Crippen MR) is 125 cm³/mol. The van der Waals surface area contributed by atoms with Crippen molar-refractivity contribution >= 4 is 23.9 Å². The Balaban J connectivity index is 2.26. The zero-order chi connectivity index (χ0) is 23.7. The molecule has 1 saturated carbocycles. The van der Waals surface area contributed by atoms with Crippen molar-refractivity contribution in [1.29, 1.82) is 0 Å². The van der Waals surface area contributed by atoms with E-state index in [0.29, 0.717) is 12.8 Å². The van der Waals surface area contributed by atoms with Crippen LogP contribution in [0.25, 0.3) is 6.08 Å². The number of rotatable bonds is 10. The quantitative estimate of drug-likeness (QED) is 0.477. The van der Waals surface area contributed by atoms with Gasteiger partial charge in [0.15, 0.2) is 0 Å². The number of nitrogens with two attached hydrogens (primary N) is 1. The molecule has 0 unspecified atom stereocenters. The Morgan fingerprint density at radius 2 is 1.88 bits per heavy atom. The second kappa shape index (κ2) is 11.8. The summed E-state index contributed by atoms with van der Waals surface area (Å²) in [7, 11) is 0. The fourth-order valence-electron chi connectivity index (χ4n) is 4.45. The first-order chi connectivity index (χ1) is 15.2. The maximum atomic E-state index is 13.5. The molecular weight excluding hydrogens is 406 g/mol. The monoisotopic (exact) mass is 443 g/mol. The number of carbonyl (C=O) groups excluding carboxylic acids is 2. The molecule has 4 N–H and O–H groups in total. The minimum atomic E-state index is -1.18. The first-order valence-electron chi connectivity index (χ1n) is 11.5. The Morgan fingerprint density at radius 3 is 2.41 bits per heavy atom. The van der Waals surface area contributed by atoms with E-state index in [4.69, 9.17) is 5.73 Å². The number of carboxylic acids is 1. The maximum Gasteiger partial charge on any atom is 0.307 e. The summed E-state index contributed by atoms with van der Waals surface area (Å²) >= 11 is 0. The van der Waals surface area contributed by atoms with Gasteiger partial charge < -0.3 is 10.8 Å². The van der Waals surface area contributed by atoms with Gasteiger partial charge in [0, 0.05) is 0 Å². The third-order valence-corrected chi connectivity index (χ3v) is 6.38. The highest BCUT2D eigenvalue weighted by atomic mass is 16.4. The van der Waals surface area contributed by atoms with Gasteiger partial charge in [0.05, 0.1) is 23.4 Å². The Morgan fingerprint density at radius 1 is 1.25 bits per heavy atom. The van der Waals surface area contributed by atoms with E-state index < -0.39 is 29.3 Å². The number of hydrogen-bond acceptors (Lipinski definition) is 4. The van der Waals surface area contributed by atoms with Crippen LogP contribution in [0.2, 0.25) is 0 Å². The van der Waals surface area contributed by atoms with Crippen molar-refractivity contribution in [2.45, 2.75) is 77.8 Å². The Hall–Kier alpha value is -2.67. The summed E-state index contributed by atoms with van der Waals surface area (Å²) in [6, 6.07) is 8.75. The van der Waals surface area contributed by atoms with E-state index in [1.54, 1.807) is 19.9 Å². The van der Waals surface area contributed by atoms with Crippen molar-refractivity contribution in [2.24, 2.45) is 17.1 Å². The SMILES string of the molecule is CCC[C@](C)(C(=O)NN(C(=O)[C@@H](C)N)C1CCCC1)[C@@H](CC=Cc1ccccc1)C(=O)O. The van der Waals surface area contributed by atoms with Crippen molar-refractivity contribution in [3.05, 3.63) is 42.0 Å². The number of benzene rings is 1. The number of hydrogen-bond donors (Lipinski definition) is 3. The first-order valence-corrected chi connectivity index (χ1v) is 11.5. The van der Waals surface area contributed by atoms with Crippen molar-refractivity contribution in [1.82, 2.24) is 10.4 Å². The molecule has 0 heterocycles. The van der Waals surface area contributed by atoms with Gasteiger partial charge in [0.1, 0.15) is 0 Å². The topological polar surface area (TPSA) is 113 Å². The second-order valence-corrected chi connectivity index (χ2v) is 8.98. The molecule has 2 amide bonds. The van der Waals surface area contributed by atoms with Crippen LogP contribution in [-0.2, 0) is 14.4 Å². The molecule has 32 heavy (non-hydrogen) atoms. The largest absolute Gasteiger partial charge is 0.481 e. The number of nitrogens with zero attached hydrogens (tertiary/aromatic N) is 1. The molecule has 176 valence electrons. The molecule has 0 aromatic heterocycles. The van der Waals surface area contributed by atoms with Crippen LogP contribution in [0.1, 0.15) is 71.3 Å². The lowest BCUT2D eigenvalue weighted by atomic mass is 9.71. The number of aliphatic carboxylic acids is 1. The molecule has 7 nitrogen and oxygen atoms in total. The number of amides is 2. The molecular formula is C25H37N3O4. The van der Waals surface area contributed by atoms with E-state index in [0.717, 1.165) is 31.2 Å². The molecule has 7 heteroatoms. The van der Waals surface area contributed by atoms with Crippen LogP contribution in [0.4, 0.5) is 0 Å². The maximum absolute atomic E-state index is 13.5. The molecule has 0 spiro atoms. The zero-order valence-corrected chi connectivity index (χ0v) is 19.4. The van der Waals surface area contributed by atoms with Crippen molar-refractivity contribution in [3.63, 3.8) is 0 Å². The standard InChI is InChI=1S/C25H37N3O4/c1-4-17-25(3,21(23(30)31)16-10-13-19-11-6-5-7-12-19)24(32)27-28(22(29)18(2)26)20-14-8-9-15-20/h5-7,10-13,18,20-21H,4,8-9,14-17,26H2,1-3H3,(H,27,32)(H,30,31)/t18-,21+,25+/m1/s1. The minimum absolute atomic E-state index is 0.107. The van der Waals surface area contributed by atoms with E-state index in [9.17, 15) is 19.5 Å². The van der Waals surface area contributed by atoms with E-state index in [1.807, 2.05) is 43.3 Å². The molecule has 0 radical (unpaired) electrons. The van der Waals surface area contributed by atoms with E-state index >= 15 is 0 Å². The summed E-state index contributed by atoms with van der Waals surface area (Å²) in [6.07, 6.45) is 8.47. The predicted octanol–water partition coefficient (Wildman–Crippen LogP) is 3.75. The number of carboxylic acid groups (broad SMARTS) is 1. The molecule has 0 aliphatic heterocycles. The molecule has 2 rings (SSSR count). The fourth-order valence-corrected chi connectivity index (χ4v) is 4.45. The van der Waals surface area contributed by atoms with Crippen LogP contribution in [0, 0.1) is 11.3 Å². The lowest BCUT2D eigenvalue weighted by molar-refractivity contribution is -0.158. The highest BCUT2D eigenvalue weighted by Gasteiger charge is 2.45. The summed E-state index contributed by atoms with van der Waals surface area (Å²) in [5.74, 6) is -2.75. The normalized spacial score (nSPS) is 18.1. The summed E-state index contributed by atoms with van der Waals surface area (Å²) in [5.41, 5.74) is 8.40. The van der Waals surface area contributed by atoms with Crippen molar-refractivity contribution in [3.8, 4) is 0 Å². The van der Waals surface area contributed by atoms with Gasteiger partial charge in [-0.25, -0.2) is 5.01 Å². The van der Waals surface area contributed by atoms with E-state index in [1.165, 1.54) is 5.01 Å². The number of nitrogens with one attached hydrogen (secondary N) is 1. The lowest BCUT2D eigenvalue weighted by Gasteiger charge is -2.38. The lowest BCUT2D eigenvalue weighted by Crippen LogP contribution is -2.59. The van der Waals surface area contributed by atoms with Crippen LogP contribution in [0.5, 0.6) is 0 Å². The second-order valence-electron chi connectivity index (χ2n) is 8.98. The Bertz CT molecular complexity index is 803. The van der Waals surface area contributed by atoms with Gasteiger partial charge in [-0.3, -0.25) is 19.8 Å². The molecule has 0 saturated heterocycles. The van der Waals surface area contributed by atoms with Crippen LogP contribution in [0.15, 0.2) is 36.4 Å². The zero-order valence-electron chi connectivity index (χ0n) is 19.4. The van der Waals surface area contributed by atoms with Crippen LogP contribution < -0.4 is 11.2 Å². The summed E-state index contributed by atoms with van der Waals surface area (Å²) in [5, 5.41) is 11.4. The van der Waals surface area contributed by atoms with Crippen LogP contribution >= 0.6 is 0 Å². The van der Waals surface area contributed by atoms with E-state index in [2.05, 4.69) is 5.43 Å². The van der Waals surface area contributed by atoms with Crippen molar-refractivity contribution in [2.75, 3.05) is 0 Å². The molecule has 1 aromatic rings. The van der Waals surface area contributed by atoms with Gasteiger partial charge >= 0.3 is 5.97 Å². The Labute approximate surface area is 191 Å². The molecule has 0 bridgehead atoms. The number of hydrazine groups is 1. The first kappa shape index (κ1) is 25.6.